The van der Waals surface area contributed by atoms with Crippen molar-refractivity contribution in [2.75, 3.05) is 20.2 Å². The van der Waals surface area contributed by atoms with Gasteiger partial charge in [-0.2, -0.15) is 0 Å². The molecule has 0 radical (unpaired) electrons. The number of ether oxygens (including phenoxy) is 1. The third-order valence-corrected chi connectivity index (χ3v) is 2.34. The predicted octanol–water partition coefficient (Wildman–Crippen LogP) is 5.60. The van der Waals surface area contributed by atoms with Crippen molar-refractivity contribution < 1.29 is 9.53 Å². The zero-order valence-electron chi connectivity index (χ0n) is 14.9. The van der Waals surface area contributed by atoms with Gasteiger partial charge in [-0.25, -0.2) is 4.79 Å². The van der Waals surface area contributed by atoms with E-state index >= 15 is 0 Å². The van der Waals surface area contributed by atoms with E-state index in [4.69, 9.17) is 0 Å². The minimum atomic E-state index is -0.181. The van der Waals surface area contributed by atoms with E-state index in [0.717, 1.165) is 25.9 Å². The molecular weight excluding hydrogens is 262 g/mol. The van der Waals surface area contributed by atoms with E-state index < -0.39 is 0 Å². The van der Waals surface area contributed by atoms with Gasteiger partial charge in [0.15, 0.2) is 0 Å². The Morgan fingerprint density at radius 2 is 1.52 bits per heavy atom. The Bertz CT molecular complexity index is 264. The molecule has 0 saturated carbocycles. The summed E-state index contributed by atoms with van der Waals surface area (Å²) in [5.41, 5.74) is 0. The summed E-state index contributed by atoms with van der Waals surface area (Å²) < 4.78 is 4.58. The van der Waals surface area contributed by atoms with Gasteiger partial charge in [-0.05, 0) is 26.2 Å². The van der Waals surface area contributed by atoms with E-state index in [1.165, 1.54) is 13.5 Å². The summed E-state index contributed by atoms with van der Waals surface area (Å²) in [7, 11) is 1.43. The van der Waals surface area contributed by atoms with Crippen LogP contribution in [0.1, 0.15) is 53.9 Å². The highest BCUT2D eigenvalue weighted by molar-refractivity contribution is 5.67. The predicted molar refractivity (Wildman–Crippen MR) is 94.7 cm³/mol. The summed E-state index contributed by atoms with van der Waals surface area (Å²) in [6.45, 7) is 15.2. The van der Waals surface area contributed by atoms with Gasteiger partial charge in [-0.15, -0.1) is 0 Å². The van der Waals surface area contributed by atoms with Crippen LogP contribution < -0.4 is 0 Å². The van der Waals surface area contributed by atoms with E-state index in [1.54, 1.807) is 11.0 Å². The minimum Gasteiger partial charge on any atom is -0.453 e. The molecule has 3 nitrogen and oxygen atoms in total. The number of methoxy groups -OCH3 is 1. The van der Waals surface area contributed by atoms with Gasteiger partial charge in [0.25, 0.3) is 0 Å². The quantitative estimate of drug-likeness (QED) is 0.621. The molecule has 0 unspecified atom stereocenters. The molecule has 0 bridgehead atoms. The maximum Gasteiger partial charge on any atom is 0.409 e. The number of carbonyl (C=O) groups excluding carboxylic acids is 1. The molecule has 0 aliphatic carbocycles. The van der Waals surface area contributed by atoms with Crippen LogP contribution in [0.4, 0.5) is 4.79 Å². The van der Waals surface area contributed by atoms with Crippen LogP contribution in [0, 0.1) is 0 Å². The molecule has 0 spiro atoms. The molecule has 0 N–H and O–H groups in total. The lowest BCUT2D eigenvalue weighted by Crippen LogP contribution is -2.35. The average Bonchev–Trinajstić information content (AvgIpc) is 2.59. The van der Waals surface area contributed by atoms with Gasteiger partial charge in [-0.3, -0.25) is 0 Å². The number of carbonyl (C=O) groups is 1. The van der Waals surface area contributed by atoms with Gasteiger partial charge in [0.2, 0.25) is 0 Å². The Morgan fingerprint density at radius 1 is 1.00 bits per heavy atom. The molecule has 0 aromatic heterocycles. The van der Waals surface area contributed by atoms with Crippen molar-refractivity contribution in [1.29, 1.82) is 0 Å². The molecule has 0 atom stereocenters. The zero-order valence-corrected chi connectivity index (χ0v) is 14.9. The molecule has 1 aliphatic rings. The number of hydrogen-bond donors (Lipinski definition) is 0. The summed E-state index contributed by atoms with van der Waals surface area (Å²) in [5, 5.41) is 0. The summed E-state index contributed by atoms with van der Waals surface area (Å²) in [5.74, 6) is 0. The zero-order chi connectivity index (χ0) is 16.9. The summed E-state index contributed by atoms with van der Waals surface area (Å²) in [6, 6.07) is 0. The molecule has 21 heavy (non-hydrogen) atoms. The Labute approximate surface area is 132 Å². The number of hydrogen-bond acceptors (Lipinski definition) is 2. The monoisotopic (exact) mass is 297 g/mol. The van der Waals surface area contributed by atoms with E-state index in [2.05, 4.69) is 11.3 Å². The summed E-state index contributed by atoms with van der Waals surface area (Å²) in [6.07, 6.45) is 12.8. The van der Waals surface area contributed by atoms with E-state index in [-0.39, 0.29) is 6.09 Å². The fourth-order valence-electron chi connectivity index (χ4n) is 1.46. The first-order valence-corrected chi connectivity index (χ1v) is 7.99. The topological polar surface area (TPSA) is 29.5 Å². The molecule has 1 rings (SSSR count). The summed E-state index contributed by atoms with van der Waals surface area (Å²) >= 11 is 0. The first-order valence-electron chi connectivity index (χ1n) is 7.99. The van der Waals surface area contributed by atoms with Crippen LogP contribution in [0.25, 0.3) is 0 Å². The van der Waals surface area contributed by atoms with E-state index in [9.17, 15) is 4.79 Å². The second-order valence-electron chi connectivity index (χ2n) is 3.66. The number of allylic oxidation sites excluding steroid dienone is 5. The standard InChI is InChI=1S/C7H13NO2.C7H10.2C2H6/c1-10-7(9)8-5-3-2-4-6-8;1-3-5-7-6-4-2;2*1-2/h2-6H2,1H3;3-7H,1H2,2H3;2*1-2H3/b;6-4-,7-5-;;. The highest BCUT2D eigenvalue weighted by Crippen LogP contribution is 2.08. The van der Waals surface area contributed by atoms with E-state index in [1.807, 2.05) is 58.9 Å². The first kappa shape index (κ1) is 24.5. The number of amides is 1. The van der Waals surface area contributed by atoms with Crippen molar-refractivity contribution in [3.05, 3.63) is 37.0 Å². The van der Waals surface area contributed by atoms with Crippen LogP contribution in [-0.2, 0) is 4.74 Å². The maximum absolute atomic E-state index is 10.9. The van der Waals surface area contributed by atoms with Crippen LogP contribution in [0.2, 0.25) is 0 Å². The third kappa shape index (κ3) is 18.5. The average molecular weight is 297 g/mol. The van der Waals surface area contributed by atoms with Crippen LogP contribution in [0.15, 0.2) is 37.0 Å². The molecule has 124 valence electrons. The molecule has 0 aromatic rings. The Hall–Kier alpha value is -1.51. The van der Waals surface area contributed by atoms with Gasteiger partial charge in [-0.1, -0.05) is 64.7 Å². The number of nitrogens with zero attached hydrogens (tertiary/aromatic N) is 1. The molecule has 1 amide bonds. The minimum absolute atomic E-state index is 0.181. The van der Waals surface area contributed by atoms with Crippen LogP contribution in [0.5, 0.6) is 0 Å². The first-order chi connectivity index (χ1) is 10.3. The Balaban J connectivity index is -0.000000260. The number of rotatable bonds is 2. The van der Waals surface area contributed by atoms with Gasteiger partial charge in [0.05, 0.1) is 7.11 Å². The normalized spacial score (nSPS) is 13.1. The van der Waals surface area contributed by atoms with Gasteiger partial charge >= 0.3 is 6.09 Å². The molecule has 1 aliphatic heterocycles. The van der Waals surface area contributed by atoms with Crippen LogP contribution in [0.3, 0.4) is 0 Å². The Morgan fingerprint density at radius 3 is 1.90 bits per heavy atom. The molecule has 1 heterocycles. The van der Waals surface area contributed by atoms with Crippen LogP contribution >= 0.6 is 0 Å². The lowest BCUT2D eigenvalue weighted by molar-refractivity contribution is 0.115. The van der Waals surface area contributed by atoms with Crippen LogP contribution in [-0.4, -0.2) is 31.2 Å². The van der Waals surface area contributed by atoms with Crippen molar-refractivity contribution in [2.45, 2.75) is 53.9 Å². The number of piperidine rings is 1. The highest BCUT2D eigenvalue weighted by Gasteiger charge is 2.15. The highest BCUT2D eigenvalue weighted by atomic mass is 16.5. The molecule has 3 heteroatoms. The fraction of sp³-hybridized carbons (Fsp3) is 0.611. The van der Waals surface area contributed by atoms with Crippen molar-refractivity contribution in [1.82, 2.24) is 4.90 Å². The molecule has 0 aromatic carbocycles. The summed E-state index contributed by atoms with van der Waals surface area (Å²) in [4.78, 5) is 12.6. The van der Waals surface area contributed by atoms with Crippen molar-refractivity contribution in [2.24, 2.45) is 0 Å². The third-order valence-electron chi connectivity index (χ3n) is 2.34. The van der Waals surface area contributed by atoms with Gasteiger partial charge in [0.1, 0.15) is 0 Å². The molecular formula is C18H35NO2. The number of likely N-dealkylation sites (tertiary alicyclic amines) is 1. The van der Waals surface area contributed by atoms with Crippen molar-refractivity contribution >= 4 is 6.09 Å². The van der Waals surface area contributed by atoms with Gasteiger partial charge < -0.3 is 9.64 Å². The van der Waals surface area contributed by atoms with E-state index in [0.29, 0.717) is 0 Å². The van der Waals surface area contributed by atoms with Gasteiger partial charge in [0, 0.05) is 13.1 Å². The lowest BCUT2D eigenvalue weighted by Gasteiger charge is -2.24. The van der Waals surface area contributed by atoms with Crippen molar-refractivity contribution in [3.8, 4) is 0 Å². The smallest absolute Gasteiger partial charge is 0.409 e. The lowest BCUT2D eigenvalue weighted by atomic mass is 10.1. The second-order valence-corrected chi connectivity index (χ2v) is 3.66. The molecule has 1 saturated heterocycles. The SMILES string of the molecule is C=C/C=C\C=C/C.CC.CC.COC(=O)N1CCCCC1. The maximum atomic E-state index is 10.9. The van der Waals surface area contributed by atoms with Crippen molar-refractivity contribution in [3.63, 3.8) is 0 Å². The molecule has 1 fully saturated rings. The second kappa shape index (κ2) is 23.6. The fourth-order valence-corrected chi connectivity index (χ4v) is 1.46. The largest absolute Gasteiger partial charge is 0.453 e. The Kier molecular flexibility index (Phi) is 27.5.